The number of aromatic nitrogens is 4. The van der Waals surface area contributed by atoms with Crippen molar-refractivity contribution in [3.63, 3.8) is 0 Å². The zero-order chi connectivity index (χ0) is 25.4. The molecule has 1 fully saturated rings. The van der Waals surface area contributed by atoms with Crippen molar-refractivity contribution in [3.8, 4) is 0 Å². The number of anilines is 1. The third-order valence-electron chi connectivity index (χ3n) is 5.83. The summed E-state index contributed by atoms with van der Waals surface area (Å²) in [6.07, 6.45) is -1.88. The topological polar surface area (TPSA) is 184 Å². The summed E-state index contributed by atoms with van der Waals surface area (Å²) in [5, 5.41) is 23.6. The number of nitrogens with one attached hydrogen (secondary N) is 1. The zero-order valence-electron chi connectivity index (χ0n) is 18.6. The zero-order valence-corrected chi connectivity index (χ0v) is 20.2. The Bertz CT molecular complexity index is 1340. The molecule has 36 heavy (non-hydrogen) atoms. The molecule has 4 heterocycles. The molecule has 2 aliphatic rings. The van der Waals surface area contributed by atoms with Gasteiger partial charge in [0, 0.05) is 11.0 Å². The van der Waals surface area contributed by atoms with Gasteiger partial charge >= 0.3 is 5.97 Å². The molecule has 0 spiro atoms. The summed E-state index contributed by atoms with van der Waals surface area (Å²) in [6.45, 7) is -0.569. The Morgan fingerprint density at radius 1 is 1.22 bits per heavy atom. The Labute approximate surface area is 212 Å². The highest BCUT2D eigenvalue weighted by atomic mass is 79.9. The predicted molar refractivity (Wildman–Crippen MR) is 127 cm³/mol. The molecule has 2 aromatic heterocycles. The fourth-order valence-electron chi connectivity index (χ4n) is 4.00. The fourth-order valence-corrected chi connectivity index (χ4v) is 4.26. The number of aliphatic hydroxyl groups excluding tert-OH is 2. The minimum absolute atomic E-state index is 0.0806. The first-order valence-electron chi connectivity index (χ1n) is 10.8. The smallest absolute Gasteiger partial charge is 0.342 e. The summed E-state index contributed by atoms with van der Waals surface area (Å²) in [4.78, 5) is 36.7. The number of esters is 1. The van der Waals surface area contributed by atoms with Crippen LogP contribution in [0.3, 0.4) is 0 Å². The average molecular weight is 561 g/mol. The molecule has 5 rings (SSSR count). The van der Waals surface area contributed by atoms with E-state index in [0.717, 1.165) is 4.47 Å². The summed E-state index contributed by atoms with van der Waals surface area (Å²) >= 11 is 3.34. The number of amides is 1. The highest BCUT2D eigenvalue weighted by molar-refractivity contribution is 9.10. The molecule has 1 amide bonds. The molecule has 0 radical (unpaired) electrons. The van der Waals surface area contributed by atoms with Gasteiger partial charge < -0.3 is 35.5 Å². The predicted octanol–water partition coefficient (Wildman–Crippen LogP) is -0.109. The molecule has 1 aromatic carbocycles. The number of hydrogen-bond acceptors (Lipinski definition) is 11. The van der Waals surface area contributed by atoms with E-state index < -0.39 is 36.4 Å². The lowest BCUT2D eigenvalue weighted by Crippen LogP contribution is -2.40. The summed E-state index contributed by atoms with van der Waals surface area (Å²) in [5.74, 6) is -0.629. The highest BCUT2D eigenvalue weighted by Gasteiger charge is 2.44. The number of nitrogens with two attached hydrogens (primary N) is 1. The molecule has 5 N–H and O–H groups in total. The number of hydrogen-bond donors (Lipinski definition) is 4. The minimum Gasteiger partial charge on any atom is -0.484 e. The third kappa shape index (κ3) is 4.51. The molecule has 4 atom stereocenters. The van der Waals surface area contributed by atoms with Crippen LogP contribution < -0.4 is 11.1 Å². The Balaban J connectivity index is 1.20. The molecule has 188 valence electrons. The Kier molecular flexibility index (Phi) is 6.57. The molecule has 13 nitrogen and oxygen atoms in total. The van der Waals surface area contributed by atoms with Gasteiger partial charge in [-0.2, -0.15) is 0 Å². The minimum atomic E-state index is -1.31. The normalized spacial score (nSPS) is 23.8. The molecule has 0 aliphatic carbocycles. The second kappa shape index (κ2) is 9.81. The van der Waals surface area contributed by atoms with Crippen molar-refractivity contribution >= 4 is 50.4 Å². The van der Waals surface area contributed by atoms with Gasteiger partial charge in [-0.1, -0.05) is 28.1 Å². The number of aliphatic hydroxyl groups is 2. The van der Waals surface area contributed by atoms with Crippen LogP contribution in [-0.2, 0) is 23.8 Å². The van der Waals surface area contributed by atoms with Crippen molar-refractivity contribution in [2.45, 2.75) is 24.5 Å². The maximum absolute atomic E-state index is 12.4. The second-order valence-electron chi connectivity index (χ2n) is 8.10. The molecule has 0 bridgehead atoms. The number of cyclic esters (lactones) is 1. The summed E-state index contributed by atoms with van der Waals surface area (Å²) in [6, 6.07) is 7.03. The average Bonchev–Trinajstić information content (AvgIpc) is 3.54. The third-order valence-corrected chi connectivity index (χ3v) is 6.36. The van der Waals surface area contributed by atoms with Crippen molar-refractivity contribution in [1.82, 2.24) is 24.8 Å². The quantitative estimate of drug-likeness (QED) is 0.282. The van der Waals surface area contributed by atoms with Gasteiger partial charge in [0.25, 0.3) is 5.91 Å². The largest absolute Gasteiger partial charge is 0.484 e. The van der Waals surface area contributed by atoms with Crippen molar-refractivity contribution in [2.75, 3.05) is 25.5 Å². The van der Waals surface area contributed by atoms with Gasteiger partial charge in [0.2, 0.25) is 0 Å². The van der Waals surface area contributed by atoms with Gasteiger partial charge in [0.15, 0.2) is 24.3 Å². The van der Waals surface area contributed by atoms with Gasteiger partial charge in [-0.15, -0.1) is 0 Å². The van der Waals surface area contributed by atoms with Gasteiger partial charge in [-0.25, -0.2) is 19.7 Å². The molecule has 2 aliphatic heterocycles. The number of nitrogens with zero attached hydrogens (tertiary/aromatic N) is 4. The number of imidazole rings is 1. The number of nitrogen functional groups attached to an aromatic ring is 1. The molecular weight excluding hydrogens is 540 g/mol. The van der Waals surface area contributed by atoms with Crippen LogP contribution in [0.1, 0.15) is 11.8 Å². The fraction of sp³-hybridized carbons (Fsp3) is 0.318. The van der Waals surface area contributed by atoms with E-state index in [1.54, 1.807) is 24.3 Å². The Morgan fingerprint density at radius 2 is 2.00 bits per heavy atom. The highest BCUT2D eigenvalue weighted by Crippen LogP contribution is 2.32. The van der Waals surface area contributed by atoms with E-state index in [1.807, 2.05) is 0 Å². The second-order valence-corrected chi connectivity index (χ2v) is 9.02. The summed E-state index contributed by atoms with van der Waals surface area (Å²) in [7, 11) is 0. The Morgan fingerprint density at radius 3 is 2.78 bits per heavy atom. The molecule has 0 saturated carbocycles. The van der Waals surface area contributed by atoms with Crippen LogP contribution >= 0.6 is 15.9 Å². The molecule has 1 saturated heterocycles. The molecular formula is C22H21BrN6O7. The standard InChI is InChI=1S/C22H21BrN6O7/c23-11-3-1-10(2-4-11)15-13(6-35-22(15)33)34-7-14(30)25-5-12-17(31)18(32)21(36-12)29-9-28-16-19(24)26-8-27-20(16)29/h1-4,8-9,12,17-18,21,31-32H,5-7H2,(H,25,30)(H2,24,26,27)/t12-,17-,18-,21-/m1/s1. The number of rotatable bonds is 7. The van der Waals surface area contributed by atoms with Crippen LogP contribution in [0.25, 0.3) is 16.7 Å². The van der Waals surface area contributed by atoms with Gasteiger partial charge in [0.1, 0.15) is 48.1 Å². The van der Waals surface area contributed by atoms with E-state index in [9.17, 15) is 19.8 Å². The monoisotopic (exact) mass is 560 g/mol. The van der Waals surface area contributed by atoms with E-state index in [0.29, 0.717) is 16.7 Å². The van der Waals surface area contributed by atoms with Gasteiger partial charge in [0.05, 0.1) is 6.33 Å². The van der Waals surface area contributed by atoms with E-state index in [4.69, 9.17) is 19.9 Å². The van der Waals surface area contributed by atoms with Crippen molar-refractivity contribution in [3.05, 3.63) is 52.7 Å². The SMILES string of the molecule is Nc1ncnc2c1ncn2[C@@H]1O[C@H](CNC(=O)COC2=C(c3ccc(Br)cc3)C(=O)OC2)[C@@H](O)[C@H]1O. The van der Waals surface area contributed by atoms with Crippen LogP contribution in [-0.4, -0.2) is 79.7 Å². The van der Waals surface area contributed by atoms with E-state index >= 15 is 0 Å². The number of carbonyl (C=O) groups excluding carboxylic acids is 2. The van der Waals surface area contributed by atoms with E-state index in [2.05, 4.69) is 36.2 Å². The van der Waals surface area contributed by atoms with Crippen LogP contribution in [0.15, 0.2) is 47.2 Å². The van der Waals surface area contributed by atoms with Crippen LogP contribution in [0.5, 0.6) is 0 Å². The maximum Gasteiger partial charge on any atom is 0.342 e. The van der Waals surface area contributed by atoms with Crippen LogP contribution in [0, 0.1) is 0 Å². The lowest BCUT2D eigenvalue weighted by Gasteiger charge is -2.16. The van der Waals surface area contributed by atoms with Crippen molar-refractivity contribution < 1.29 is 34.0 Å². The van der Waals surface area contributed by atoms with Gasteiger partial charge in [-0.3, -0.25) is 9.36 Å². The van der Waals surface area contributed by atoms with Gasteiger partial charge in [-0.05, 0) is 17.7 Å². The lowest BCUT2D eigenvalue weighted by molar-refractivity contribution is -0.134. The van der Waals surface area contributed by atoms with Crippen molar-refractivity contribution in [2.24, 2.45) is 0 Å². The van der Waals surface area contributed by atoms with Crippen LogP contribution in [0.2, 0.25) is 0 Å². The number of ether oxygens (including phenoxy) is 3. The summed E-state index contributed by atoms with van der Waals surface area (Å²) in [5.41, 5.74) is 7.33. The number of benzene rings is 1. The summed E-state index contributed by atoms with van der Waals surface area (Å²) < 4.78 is 18.7. The van der Waals surface area contributed by atoms with Crippen molar-refractivity contribution in [1.29, 1.82) is 0 Å². The van der Waals surface area contributed by atoms with Crippen LogP contribution in [0.4, 0.5) is 5.82 Å². The number of halogens is 1. The number of carbonyl (C=O) groups is 2. The number of fused-ring (bicyclic) bond motifs is 1. The maximum atomic E-state index is 12.4. The van der Waals surface area contributed by atoms with E-state index in [-0.39, 0.29) is 36.9 Å². The Hall–Kier alpha value is -3.59. The first kappa shape index (κ1) is 24.1. The molecule has 14 heteroatoms. The first-order chi connectivity index (χ1) is 17.3. The lowest BCUT2D eigenvalue weighted by atomic mass is 10.1. The molecule has 3 aromatic rings. The first-order valence-corrected chi connectivity index (χ1v) is 11.6. The van der Waals surface area contributed by atoms with E-state index in [1.165, 1.54) is 17.2 Å². The molecule has 0 unspecified atom stereocenters.